The second-order valence-electron chi connectivity index (χ2n) is 3.62. The van der Waals surface area contributed by atoms with Crippen molar-refractivity contribution in [2.75, 3.05) is 0 Å². The van der Waals surface area contributed by atoms with Crippen LogP contribution in [0.5, 0.6) is 0 Å². The molecular formula is C11H12N2O3. The number of benzene rings is 1. The number of hydrogen-bond donors (Lipinski definition) is 0. The van der Waals surface area contributed by atoms with Crippen molar-refractivity contribution in [1.82, 2.24) is 4.98 Å². The predicted molar refractivity (Wildman–Crippen MR) is 59.3 cm³/mol. The second-order valence-corrected chi connectivity index (χ2v) is 3.62. The van der Waals surface area contributed by atoms with E-state index in [4.69, 9.17) is 4.42 Å². The molecule has 84 valence electrons. The maximum Gasteiger partial charge on any atom is 0.273 e. The first-order valence-corrected chi connectivity index (χ1v) is 5.24. The second kappa shape index (κ2) is 4.30. The predicted octanol–water partition coefficient (Wildman–Crippen LogP) is 3.08. The SMILES string of the molecule is CCCCc1nc2ccc([N+](=O)[O-])cc2o1. The number of nitrogens with zero attached hydrogens (tertiary/aromatic N) is 2. The highest BCUT2D eigenvalue weighted by Gasteiger charge is 2.11. The van der Waals surface area contributed by atoms with Gasteiger partial charge >= 0.3 is 0 Å². The highest BCUT2D eigenvalue weighted by Crippen LogP contribution is 2.22. The van der Waals surface area contributed by atoms with E-state index in [0.29, 0.717) is 17.0 Å². The maximum atomic E-state index is 10.6. The summed E-state index contributed by atoms with van der Waals surface area (Å²) in [5.41, 5.74) is 1.20. The first-order chi connectivity index (χ1) is 7.70. The van der Waals surface area contributed by atoms with Gasteiger partial charge in [0.25, 0.3) is 5.69 Å². The van der Waals surface area contributed by atoms with Crippen LogP contribution >= 0.6 is 0 Å². The van der Waals surface area contributed by atoms with Gasteiger partial charge in [-0.25, -0.2) is 4.98 Å². The summed E-state index contributed by atoms with van der Waals surface area (Å²) in [6.45, 7) is 2.09. The van der Waals surface area contributed by atoms with Crippen molar-refractivity contribution in [3.05, 3.63) is 34.2 Å². The molecule has 0 spiro atoms. The molecule has 0 fully saturated rings. The van der Waals surface area contributed by atoms with E-state index >= 15 is 0 Å². The van der Waals surface area contributed by atoms with Gasteiger partial charge in [0.05, 0.1) is 11.0 Å². The zero-order valence-electron chi connectivity index (χ0n) is 8.97. The fourth-order valence-corrected chi connectivity index (χ4v) is 1.51. The van der Waals surface area contributed by atoms with Gasteiger partial charge in [-0.2, -0.15) is 0 Å². The average Bonchev–Trinajstić information content (AvgIpc) is 2.67. The van der Waals surface area contributed by atoms with Crippen molar-refractivity contribution in [2.24, 2.45) is 0 Å². The number of fused-ring (bicyclic) bond motifs is 1. The minimum Gasteiger partial charge on any atom is -0.440 e. The molecule has 0 saturated carbocycles. The summed E-state index contributed by atoms with van der Waals surface area (Å²) in [5.74, 6) is 0.650. The lowest BCUT2D eigenvalue weighted by atomic mass is 10.2. The Labute approximate surface area is 92.2 Å². The van der Waals surface area contributed by atoms with Crippen LogP contribution in [0, 0.1) is 10.1 Å². The van der Waals surface area contributed by atoms with Gasteiger partial charge < -0.3 is 4.42 Å². The zero-order chi connectivity index (χ0) is 11.5. The molecule has 0 N–H and O–H groups in total. The molecule has 1 aromatic carbocycles. The highest BCUT2D eigenvalue weighted by atomic mass is 16.6. The van der Waals surface area contributed by atoms with E-state index in [1.54, 1.807) is 6.07 Å². The maximum absolute atomic E-state index is 10.6. The fourth-order valence-electron chi connectivity index (χ4n) is 1.51. The number of aromatic nitrogens is 1. The summed E-state index contributed by atoms with van der Waals surface area (Å²) in [7, 11) is 0. The number of non-ortho nitro benzene ring substituents is 1. The Bertz CT molecular complexity index is 519. The van der Waals surface area contributed by atoms with Gasteiger partial charge in [-0.15, -0.1) is 0 Å². The summed E-state index contributed by atoms with van der Waals surface area (Å²) in [6.07, 6.45) is 2.85. The number of unbranched alkanes of at least 4 members (excludes halogenated alkanes) is 1. The van der Waals surface area contributed by atoms with Gasteiger partial charge in [-0.1, -0.05) is 13.3 Å². The molecule has 2 rings (SSSR count). The summed E-state index contributed by atoms with van der Waals surface area (Å²) >= 11 is 0. The van der Waals surface area contributed by atoms with Gasteiger partial charge in [0.2, 0.25) is 0 Å². The molecule has 0 aliphatic rings. The number of nitro groups is 1. The van der Waals surface area contributed by atoms with E-state index in [1.807, 2.05) is 0 Å². The van der Waals surface area contributed by atoms with Crippen LogP contribution in [0.4, 0.5) is 5.69 Å². The van der Waals surface area contributed by atoms with Gasteiger partial charge in [0, 0.05) is 12.5 Å². The summed E-state index contributed by atoms with van der Waals surface area (Å²) in [6, 6.07) is 4.47. The summed E-state index contributed by atoms with van der Waals surface area (Å²) < 4.78 is 5.45. The Kier molecular flexibility index (Phi) is 2.85. The van der Waals surface area contributed by atoms with Crippen molar-refractivity contribution in [1.29, 1.82) is 0 Å². The molecule has 0 radical (unpaired) electrons. The lowest BCUT2D eigenvalue weighted by molar-refractivity contribution is -0.384. The topological polar surface area (TPSA) is 69.2 Å². The normalized spacial score (nSPS) is 10.8. The van der Waals surface area contributed by atoms with Crippen LogP contribution < -0.4 is 0 Å². The van der Waals surface area contributed by atoms with Crippen molar-refractivity contribution in [2.45, 2.75) is 26.2 Å². The standard InChI is InChI=1S/C11H12N2O3/c1-2-3-4-11-12-9-6-5-8(13(14)15)7-10(9)16-11/h5-7H,2-4H2,1H3. The van der Waals surface area contributed by atoms with Crippen LogP contribution in [-0.4, -0.2) is 9.91 Å². The number of hydrogen-bond acceptors (Lipinski definition) is 4. The Hall–Kier alpha value is -1.91. The molecule has 16 heavy (non-hydrogen) atoms. The summed E-state index contributed by atoms with van der Waals surface area (Å²) in [5, 5.41) is 10.6. The molecular weight excluding hydrogens is 208 g/mol. The fraction of sp³-hybridized carbons (Fsp3) is 0.364. The van der Waals surface area contributed by atoms with Gasteiger partial charge in [-0.3, -0.25) is 10.1 Å². The monoisotopic (exact) mass is 220 g/mol. The largest absolute Gasteiger partial charge is 0.440 e. The Morgan fingerprint density at radius 3 is 3.00 bits per heavy atom. The van der Waals surface area contributed by atoms with Crippen molar-refractivity contribution in [3.8, 4) is 0 Å². The molecule has 1 heterocycles. The van der Waals surface area contributed by atoms with Crippen LogP contribution in [0.2, 0.25) is 0 Å². The molecule has 5 heteroatoms. The average molecular weight is 220 g/mol. The molecule has 0 aliphatic heterocycles. The van der Waals surface area contributed by atoms with Gasteiger partial charge in [0.15, 0.2) is 11.5 Å². The van der Waals surface area contributed by atoms with Crippen LogP contribution in [0.25, 0.3) is 11.1 Å². The number of oxazole rings is 1. The third-order valence-electron chi connectivity index (χ3n) is 2.37. The van der Waals surface area contributed by atoms with Crippen molar-refractivity contribution in [3.63, 3.8) is 0 Å². The minimum atomic E-state index is -0.437. The third kappa shape index (κ3) is 2.03. The van der Waals surface area contributed by atoms with E-state index < -0.39 is 4.92 Å². The first-order valence-electron chi connectivity index (χ1n) is 5.24. The zero-order valence-corrected chi connectivity index (χ0v) is 8.97. The molecule has 5 nitrogen and oxygen atoms in total. The van der Waals surface area contributed by atoms with Crippen LogP contribution in [0.1, 0.15) is 25.7 Å². The summed E-state index contributed by atoms with van der Waals surface area (Å²) in [4.78, 5) is 14.4. The Balaban J connectivity index is 2.34. The van der Waals surface area contributed by atoms with E-state index in [9.17, 15) is 10.1 Å². The quantitative estimate of drug-likeness (QED) is 0.586. The molecule has 0 aliphatic carbocycles. The number of aryl methyl sites for hydroxylation is 1. The van der Waals surface area contributed by atoms with E-state index in [0.717, 1.165) is 19.3 Å². The smallest absolute Gasteiger partial charge is 0.273 e. The van der Waals surface area contributed by atoms with E-state index in [-0.39, 0.29) is 5.69 Å². The lowest BCUT2D eigenvalue weighted by Crippen LogP contribution is -1.86. The molecule has 0 amide bonds. The Morgan fingerprint density at radius 2 is 2.31 bits per heavy atom. The molecule has 0 saturated heterocycles. The lowest BCUT2D eigenvalue weighted by Gasteiger charge is -1.89. The molecule has 0 bridgehead atoms. The van der Waals surface area contributed by atoms with Gasteiger partial charge in [-0.05, 0) is 12.5 Å². The highest BCUT2D eigenvalue weighted by molar-refractivity contribution is 5.75. The number of rotatable bonds is 4. The first kappa shape index (κ1) is 10.6. The van der Waals surface area contributed by atoms with E-state index in [2.05, 4.69) is 11.9 Å². The van der Waals surface area contributed by atoms with Crippen LogP contribution in [0.3, 0.4) is 0 Å². The number of nitro benzene ring substituents is 1. The van der Waals surface area contributed by atoms with Crippen LogP contribution in [-0.2, 0) is 6.42 Å². The molecule has 2 aromatic rings. The van der Waals surface area contributed by atoms with Gasteiger partial charge in [0.1, 0.15) is 5.52 Å². The van der Waals surface area contributed by atoms with Crippen molar-refractivity contribution < 1.29 is 9.34 Å². The van der Waals surface area contributed by atoms with Crippen molar-refractivity contribution >= 4 is 16.8 Å². The third-order valence-corrected chi connectivity index (χ3v) is 2.37. The Morgan fingerprint density at radius 1 is 1.50 bits per heavy atom. The minimum absolute atomic E-state index is 0.0330. The van der Waals surface area contributed by atoms with E-state index in [1.165, 1.54) is 12.1 Å². The van der Waals surface area contributed by atoms with Crippen LogP contribution in [0.15, 0.2) is 22.6 Å². The molecule has 0 atom stereocenters. The molecule has 1 aromatic heterocycles. The molecule has 0 unspecified atom stereocenters.